The van der Waals surface area contributed by atoms with E-state index in [1.165, 1.54) is 16.2 Å². The van der Waals surface area contributed by atoms with E-state index in [1.807, 2.05) is 13.0 Å². The molecule has 33 heavy (non-hydrogen) atoms. The lowest BCUT2D eigenvalue weighted by Crippen LogP contribution is -2.25. The van der Waals surface area contributed by atoms with Crippen molar-refractivity contribution >= 4 is 26.8 Å². The molecule has 1 aliphatic rings. The van der Waals surface area contributed by atoms with Crippen molar-refractivity contribution in [1.29, 1.82) is 0 Å². The van der Waals surface area contributed by atoms with Gasteiger partial charge in [0.25, 0.3) is 15.9 Å². The summed E-state index contributed by atoms with van der Waals surface area (Å²) in [5.41, 5.74) is 3.53. The van der Waals surface area contributed by atoms with Gasteiger partial charge in [-0.05, 0) is 85.8 Å². The predicted molar refractivity (Wildman–Crippen MR) is 126 cm³/mol. The molecule has 0 saturated heterocycles. The molecule has 1 amide bonds. The summed E-state index contributed by atoms with van der Waals surface area (Å²) in [4.78, 5) is 12.7. The quantitative estimate of drug-likeness (QED) is 0.444. The second kappa shape index (κ2) is 7.85. The average Bonchev–Trinajstić information content (AvgIpc) is 3.50. The van der Waals surface area contributed by atoms with Crippen molar-refractivity contribution in [1.82, 2.24) is 9.29 Å². The summed E-state index contributed by atoms with van der Waals surface area (Å²) in [7, 11) is -3.75. The maximum absolute atomic E-state index is 14.7. The lowest BCUT2D eigenvalue weighted by molar-refractivity contribution is 0.0950. The van der Waals surface area contributed by atoms with Gasteiger partial charge in [-0.1, -0.05) is 23.8 Å². The highest BCUT2D eigenvalue weighted by Crippen LogP contribution is 2.31. The Kier molecular flexibility index (Phi) is 5.09. The largest absolute Gasteiger partial charge is 0.349 e. The van der Waals surface area contributed by atoms with Crippen molar-refractivity contribution in [3.8, 4) is 11.1 Å². The number of rotatable bonds is 5. The third-order valence-corrected chi connectivity index (χ3v) is 7.77. The van der Waals surface area contributed by atoms with Crippen LogP contribution in [-0.2, 0) is 10.0 Å². The molecular formula is C26H23FN2O3S. The first-order chi connectivity index (χ1) is 15.7. The lowest BCUT2D eigenvalue weighted by Gasteiger charge is -2.12. The van der Waals surface area contributed by atoms with Gasteiger partial charge in [0.1, 0.15) is 5.82 Å². The van der Waals surface area contributed by atoms with Crippen molar-refractivity contribution in [2.75, 3.05) is 0 Å². The summed E-state index contributed by atoms with van der Waals surface area (Å²) >= 11 is 0. The van der Waals surface area contributed by atoms with Gasteiger partial charge in [-0.3, -0.25) is 4.79 Å². The smallest absolute Gasteiger partial charge is 0.268 e. The van der Waals surface area contributed by atoms with Crippen molar-refractivity contribution in [2.24, 2.45) is 0 Å². The number of nitrogens with one attached hydrogen (secondary N) is 1. The topological polar surface area (TPSA) is 68.2 Å². The van der Waals surface area contributed by atoms with Gasteiger partial charge in [-0.15, -0.1) is 0 Å². The Morgan fingerprint density at radius 2 is 1.73 bits per heavy atom. The van der Waals surface area contributed by atoms with E-state index in [2.05, 4.69) is 5.32 Å². The summed E-state index contributed by atoms with van der Waals surface area (Å²) in [6.07, 6.45) is 3.43. The van der Waals surface area contributed by atoms with Crippen LogP contribution in [0, 0.1) is 19.7 Å². The fourth-order valence-electron chi connectivity index (χ4n) is 3.92. The fraction of sp³-hybridized carbons (Fsp3) is 0.192. The Hall–Kier alpha value is -3.45. The Bertz CT molecular complexity index is 1500. The highest BCUT2D eigenvalue weighted by Gasteiger charge is 2.25. The molecule has 5 nitrogen and oxygen atoms in total. The predicted octanol–water partition coefficient (Wildman–Crippen LogP) is 5.19. The molecule has 0 bridgehead atoms. The minimum atomic E-state index is -3.75. The molecule has 0 radical (unpaired) electrons. The normalized spacial score (nSPS) is 13.9. The number of benzene rings is 3. The molecule has 1 fully saturated rings. The third-order valence-electron chi connectivity index (χ3n) is 6.06. The fourth-order valence-corrected chi connectivity index (χ4v) is 5.28. The van der Waals surface area contributed by atoms with Gasteiger partial charge in [0.15, 0.2) is 0 Å². The molecule has 1 aromatic heterocycles. The molecule has 0 atom stereocenters. The number of fused-ring (bicyclic) bond motifs is 1. The highest BCUT2D eigenvalue weighted by atomic mass is 32.2. The van der Waals surface area contributed by atoms with Crippen LogP contribution in [-0.4, -0.2) is 24.3 Å². The van der Waals surface area contributed by atoms with Gasteiger partial charge in [-0.2, -0.15) is 0 Å². The first kappa shape index (κ1) is 21.4. The van der Waals surface area contributed by atoms with E-state index < -0.39 is 15.8 Å². The second-order valence-corrected chi connectivity index (χ2v) is 10.4. The zero-order chi connectivity index (χ0) is 23.3. The maximum Gasteiger partial charge on any atom is 0.268 e. The minimum absolute atomic E-state index is 0.178. The van der Waals surface area contributed by atoms with Gasteiger partial charge < -0.3 is 5.32 Å². The number of amides is 1. The van der Waals surface area contributed by atoms with Crippen molar-refractivity contribution in [3.63, 3.8) is 0 Å². The molecule has 1 aliphatic carbocycles. The SMILES string of the molecule is Cc1ccc(S(=O)(=O)n2ccc3cc(-c4cc(C(=O)NC5CC5)cc(F)c4C)ccc32)cc1. The number of hydrogen-bond donors (Lipinski definition) is 1. The Morgan fingerprint density at radius 3 is 2.42 bits per heavy atom. The summed E-state index contributed by atoms with van der Waals surface area (Å²) in [5, 5.41) is 3.59. The van der Waals surface area contributed by atoms with E-state index in [9.17, 15) is 17.6 Å². The van der Waals surface area contributed by atoms with Crippen LogP contribution in [0.4, 0.5) is 4.39 Å². The lowest BCUT2D eigenvalue weighted by atomic mass is 9.96. The van der Waals surface area contributed by atoms with Gasteiger partial charge in [-0.25, -0.2) is 16.8 Å². The first-order valence-corrected chi connectivity index (χ1v) is 12.2. The molecule has 0 spiro atoms. The molecule has 5 rings (SSSR count). The van der Waals surface area contributed by atoms with E-state index in [0.717, 1.165) is 18.4 Å². The molecule has 1 heterocycles. The summed E-state index contributed by atoms with van der Waals surface area (Å²) in [6, 6.07) is 16.9. The van der Waals surface area contributed by atoms with E-state index in [-0.39, 0.29) is 22.4 Å². The standard InChI is InChI=1S/C26H23FN2O3S/c1-16-3-8-22(9-4-16)33(31,32)29-12-11-19-13-18(5-10-25(19)29)23-14-20(15-24(27)17(23)2)26(30)28-21-6-7-21/h3-5,8-15,21H,6-7H2,1-2H3,(H,28,30). The van der Waals surface area contributed by atoms with Crippen LogP contribution in [0.15, 0.2) is 71.8 Å². The van der Waals surface area contributed by atoms with Crippen molar-refractivity contribution < 1.29 is 17.6 Å². The molecule has 4 aromatic rings. The Labute approximate surface area is 191 Å². The van der Waals surface area contributed by atoms with Gasteiger partial charge in [0.2, 0.25) is 0 Å². The number of carbonyl (C=O) groups excluding carboxylic acids is 1. The molecular weight excluding hydrogens is 439 g/mol. The summed E-state index contributed by atoms with van der Waals surface area (Å²) in [6.45, 7) is 3.57. The molecule has 0 unspecified atom stereocenters. The van der Waals surface area contributed by atoms with Crippen LogP contribution < -0.4 is 5.32 Å². The van der Waals surface area contributed by atoms with E-state index in [4.69, 9.17) is 0 Å². The number of aromatic nitrogens is 1. The van der Waals surface area contributed by atoms with Gasteiger partial charge in [0, 0.05) is 23.2 Å². The molecule has 1 saturated carbocycles. The van der Waals surface area contributed by atoms with E-state index >= 15 is 0 Å². The zero-order valence-electron chi connectivity index (χ0n) is 18.3. The molecule has 1 N–H and O–H groups in total. The van der Waals surface area contributed by atoms with Crippen LogP contribution in [0.2, 0.25) is 0 Å². The molecule has 168 valence electrons. The number of hydrogen-bond acceptors (Lipinski definition) is 3. The average molecular weight is 463 g/mol. The van der Waals surface area contributed by atoms with E-state index in [1.54, 1.807) is 55.5 Å². The maximum atomic E-state index is 14.7. The van der Waals surface area contributed by atoms with Crippen molar-refractivity contribution in [2.45, 2.75) is 37.6 Å². The number of aryl methyl sites for hydroxylation is 1. The van der Waals surface area contributed by atoms with Crippen LogP contribution in [0.25, 0.3) is 22.0 Å². The second-order valence-electron chi connectivity index (χ2n) is 8.58. The zero-order valence-corrected chi connectivity index (χ0v) is 19.1. The first-order valence-electron chi connectivity index (χ1n) is 10.8. The van der Waals surface area contributed by atoms with Crippen LogP contribution in [0.3, 0.4) is 0 Å². The number of halogens is 1. The molecule has 7 heteroatoms. The number of carbonyl (C=O) groups is 1. The highest BCUT2D eigenvalue weighted by molar-refractivity contribution is 7.90. The van der Waals surface area contributed by atoms with E-state index in [0.29, 0.717) is 27.6 Å². The minimum Gasteiger partial charge on any atom is -0.349 e. The monoisotopic (exact) mass is 462 g/mol. The molecule has 0 aliphatic heterocycles. The van der Waals surface area contributed by atoms with Gasteiger partial charge >= 0.3 is 0 Å². The Balaban J connectivity index is 1.56. The van der Waals surface area contributed by atoms with Gasteiger partial charge in [0.05, 0.1) is 10.4 Å². The van der Waals surface area contributed by atoms with Crippen LogP contribution >= 0.6 is 0 Å². The number of nitrogens with zero attached hydrogens (tertiary/aromatic N) is 1. The molecule has 3 aromatic carbocycles. The Morgan fingerprint density at radius 1 is 1.00 bits per heavy atom. The third kappa shape index (κ3) is 3.93. The summed E-state index contributed by atoms with van der Waals surface area (Å²) in [5.74, 6) is -0.734. The van der Waals surface area contributed by atoms with Crippen LogP contribution in [0.1, 0.15) is 34.3 Å². The summed E-state index contributed by atoms with van der Waals surface area (Å²) < 4.78 is 42.2. The van der Waals surface area contributed by atoms with Crippen LogP contribution in [0.5, 0.6) is 0 Å². The van der Waals surface area contributed by atoms with Crippen molar-refractivity contribution in [3.05, 3.63) is 89.4 Å².